The minimum Gasteiger partial charge on any atom is -0.439 e. The Bertz CT molecular complexity index is 677. The van der Waals surface area contributed by atoms with E-state index in [-0.39, 0.29) is 11.9 Å². The average molecular weight is 332 g/mol. The van der Waals surface area contributed by atoms with Crippen LogP contribution in [-0.4, -0.2) is 30.7 Å². The van der Waals surface area contributed by atoms with Crippen molar-refractivity contribution in [1.29, 1.82) is 0 Å². The summed E-state index contributed by atoms with van der Waals surface area (Å²) in [7, 11) is 1.63. The Morgan fingerprint density at radius 1 is 1.33 bits per heavy atom. The van der Waals surface area contributed by atoms with E-state index in [0.29, 0.717) is 30.7 Å². The fourth-order valence-corrected chi connectivity index (χ4v) is 1.99. The molecule has 128 valence electrons. The summed E-state index contributed by atoms with van der Waals surface area (Å²) < 4.78 is 23.5. The van der Waals surface area contributed by atoms with Crippen LogP contribution >= 0.6 is 0 Å². The molecule has 0 bridgehead atoms. The van der Waals surface area contributed by atoms with Crippen LogP contribution in [-0.2, 0) is 11.3 Å². The second-order valence-corrected chi connectivity index (χ2v) is 5.26. The first-order valence-corrected chi connectivity index (χ1v) is 7.50. The van der Waals surface area contributed by atoms with Crippen molar-refractivity contribution in [3.63, 3.8) is 0 Å². The van der Waals surface area contributed by atoms with Crippen molar-refractivity contribution in [2.45, 2.75) is 19.5 Å². The third-order valence-electron chi connectivity index (χ3n) is 3.08. The minimum absolute atomic E-state index is 0.0774. The number of benzene rings is 1. The Morgan fingerprint density at radius 3 is 2.79 bits per heavy atom. The molecule has 2 aromatic rings. The maximum absolute atomic E-state index is 12.9. The molecule has 1 atom stereocenters. The normalized spacial score (nSPS) is 12.7. The van der Waals surface area contributed by atoms with Crippen LogP contribution in [0.4, 0.5) is 4.39 Å². The smallest absolute Gasteiger partial charge is 0.219 e. The summed E-state index contributed by atoms with van der Waals surface area (Å²) in [5.74, 6) is 0.953. The lowest BCUT2D eigenvalue weighted by Crippen LogP contribution is -2.40. The fourth-order valence-electron chi connectivity index (χ4n) is 1.99. The van der Waals surface area contributed by atoms with E-state index < -0.39 is 0 Å². The van der Waals surface area contributed by atoms with Crippen molar-refractivity contribution in [2.24, 2.45) is 10.7 Å². The second kappa shape index (κ2) is 8.83. The number of aliphatic imine (C=N–C) groups is 1. The monoisotopic (exact) mass is 332 g/mol. The van der Waals surface area contributed by atoms with E-state index in [9.17, 15) is 4.39 Å². The first-order chi connectivity index (χ1) is 11.6. The SMILES string of the molecule is COCC(C)NC(N)=NCc1ccnc(Oc2ccc(F)cc2)c1. The number of nitrogens with zero attached hydrogens (tertiary/aromatic N) is 2. The van der Waals surface area contributed by atoms with Gasteiger partial charge in [-0.3, -0.25) is 0 Å². The van der Waals surface area contributed by atoms with E-state index in [2.05, 4.69) is 15.3 Å². The van der Waals surface area contributed by atoms with Gasteiger partial charge in [0.1, 0.15) is 11.6 Å². The lowest BCUT2D eigenvalue weighted by Gasteiger charge is -2.13. The van der Waals surface area contributed by atoms with Crippen molar-refractivity contribution in [3.8, 4) is 11.6 Å². The predicted octanol–water partition coefficient (Wildman–Crippen LogP) is 2.45. The highest BCUT2D eigenvalue weighted by Crippen LogP contribution is 2.20. The molecule has 0 aliphatic rings. The van der Waals surface area contributed by atoms with Crippen LogP contribution in [0.2, 0.25) is 0 Å². The first kappa shape index (κ1) is 17.7. The first-order valence-electron chi connectivity index (χ1n) is 7.50. The molecule has 0 saturated heterocycles. The van der Waals surface area contributed by atoms with Gasteiger partial charge in [-0.2, -0.15) is 0 Å². The molecule has 2 rings (SSSR count). The number of methoxy groups -OCH3 is 1. The molecule has 0 spiro atoms. The van der Waals surface area contributed by atoms with E-state index in [4.69, 9.17) is 15.2 Å². The molecule has 7 heteroatoms. The molecule has 1 unspecified atom stereocenters. The van der Waals surface area contributed by atoms with E-state index in [0.717, 1.165) is 5.56 Å². The topological polar surface area (TPSA) is 81.8 Å². The third kappa shape index (κ3) is 5.85. The highest BCUT2D eigenvalue weighted by atomic mass is 19.1. The van der Waals surface area contributed by atoms with Gasteiger partial charge >= 0.3 is 0 Å². The number of nitrogens with one attached hydrogen (secondary N) is 1. The van der Waals surface area contributed by atoms with Gasteiger partial charge in [0.15, 0.2) is 5.96 Å². The molecule has 24 heavy (non-hydrogen) atoms. The Labute approximate surface area is 140 Å². The Kier molecular flexibility index (Phi) is 6.51. The van der Waals surface area contributed by atoms with Crippen LogP contribution < -0.4 is 15.8 Å². The van der Waals surface area contributed by atoms with E-state index in [1.54, 1.807) is 31.5 Å². The summed E-state index contributed by atoms with van der Waals surface area (Å²) in [4.78, 5) is 8.40. The standard InChI is InChI=1S/C17H21FN4O2/c1-12(11-23-2)22-17(19)21-10-13-7-8-20-16(9-13)24-15-5-3-14(18)4-6-15/h3-9,12H,10-11H2,1-2H3,(H3,19,21,22). The summed E-state index contributed by atoms with van der Waals surface area (Å²) in [6.45, 7) is 2.88. The zero-order chi connectivity index (χ0) is 17.4. The lowest BCUT2D eigenvalue weighted by atomic mass is 10.2. The largest absolute Gasteiger partial charge is 0.439 e. The van der Waals surface area contributed by atoms with E-state index >= 15 is 0 Å². The number of nitrogens with two attached hydrogens (primary N) is 1. The van der Waals surface area contributed by atoms with Gasteiger partial charge in [-0.1, -0.05) is 0 Å². The lowest BCUT2D eigenvalue weighted by molar-refractivity contribution is 0.179. The molecule has 0 amide bonds. The van der Waals surface area contributed by atoms with Crippen LogP contribution in [0.3, 0.4) is 0 Å². The molecule has 1 aromatic heterocycles. The maximum Gasteiger partial charge on any atom is 0.219 e. The second-order valence-electron chi connectivity index (χ2n) is 5.26. The molecule has 1 aromatic carbocycles. The van der Waals surface area contributed by atoms with Crippen molar-refractivity contribution in [2.75, 3.05) is 13.7 Å². The van der Waals surface area contributed by atoms with E-state index in [1.807, 2.05) is 13.0 Å². The van der Waals surface area contributed by atoms with Gasteiger partial charge in [-0.25, -0.2) is 14.4 Å². The van der Waals surface area contributed by atoms with Crippen molar-refractivity contribution < 1.29 is 13.9 Å². The number of ether oxygens (including phenoxy) is 2. The number of guanidine groups is 1. The molecule has 0 radical (unpaired) electrons. The van der Waals surface area contributed by atoms with Crippen LogP contribution in [0.1, 0.15) is 12.5 Å². The summed E-state index contributed by atoms with van der Waals surface area (Å²) in [6, 6.07) is 9.41. The van der Waals surface area contributed by atoms with Crippen LogP contribution in [0.5, 0.6) is 11.6 Å². The van der Waals surface area contributed by atoms with Gasteiger partial charge in [-0.15, -0.1) is 0 Å². The molecule has 3 N–H and O–H groups in total. The van der Waals surface area contributed by atoms with Crippen LogP contribution in [0, 0.1) is 5.82 Å². The van der Waals surface area contributed by atoms with Crippen molar-refractivity contribution in [3.05, 3.63) is 54.0 Å². The molecular weight excluding hydrogens is 311 g/mol. The highest BCUT2D eigenvalue weighted by molar-refractivity contribution is 5.78. The summed E-state index contributed by atoms with van der Waals surface area (Å²) in [5, 5.41) is 3.03. The molecular formula is C17H21FN4O2. The van der Waals surface area contributed by atoms with Gasteiger partial charge in [0.2, 0.25) is 5.88 Å². The van der Waals surface area contributed by atoms with Gasteiger partial charge in [0, 0.05) is 25.4 Å². The van der Waals surface area contributed by atoms with Gasteiger partial charge in [0.05, 0.1) is 13.2 Å². The number of pyridine rings is 1. The minimum atomic E-state index is -0.316. The summed E-state index contributed by atoms with van der Waals surface area (Å²) in [6.07, 6.45) is 1.63. The number of rotatable bonds is 7. The third-order valence-corrected chi connectivity index (χ3v) is 3.08. The number of aromatic nitrogens is 1. The molecule has 1 heterocycles. The molecule has 0 aliphatic carbocycles. The quantitative estimate of drug-likeness (QED) is 0.601. The molecule has 0 aliphatic heterocycles. The average Bonchev–Trinajstić information content (AvgIpc) is 2.56. The van der Waals surface area contributed by atoms with Crippen molar-refractivity contribution >= 4 is 5.96 Å². The molecule has 0 fully saturated rings. The fraction of sp³-hybridized carbons (Fsp3) is 0.294. The Morgan fingerprint density at radius 2 is 2.08 bits per heavy atom. The summed E-state index contributed by atoms with van der Waals surface area (Å²) in [5.41, 5.74) is 6.72. The Hall–Kier alpha value is -2.67. The maximum atomic E-state index is 12.9. The number of halogens is 1. The number of hydrogen-bond donors (Lipinski definition) is 2. The predicted molar refractivity (Wildman–Crippen MR) is 90.5 cm³/mol. The molecule has 6 nitrogen and oxygen atoms in total. The van der Waals surface area contributed by atoms with Crippen LogP contribution in [0.25, 0.3) is 0 Å². The zero-order valence-corrected chi connectivity index (χ0v) is 13.7. The van der Waals surface area contributed by atoms with Crippen LogP contribution in [0.15, 0.2) is 47.6 Å². The van der Waals surface area contributed by atoms with Crippen molar-refractivity contribution in [1.82, 2.24) is 10.3 Å². The zero-order valence-electron chi connectivity index (χ0n) is 13.7. The molecule has 0 saturated carbocycles. The Balaban J connectivity index is 1.96. The van der Waals surface area contributed by atoms with Gasteiger partial charge < -0.3 is 20.5 Å². The van der Waals surface area contributed by atoms with E-state index in [1.165, 1.54) is 12.1 Å². The van der Waals surface area contributed by atoms with Gasteiger partial charge in [-0.05, 0) is 42.8 Å². The van der Waals surface area contributed by atoms with Gasteiger partial charge in [0.25, 0.3) is 0 Å². The highest BCUT2D eigenvalue weighted by Gasteiger charge is 2.03. The summed E-state index contributed by atoms with van der Waals surface area (Å²) >= 11 is 0. The number of hydrogen-bond acceptors (Lipinski definition) is 4.